The summed E-state index contributed by atoms with van der Waals surface area (Å²) in [7, 11) is 0. The Morgan fingerprint density at radius 1 is 1.54 bits per heavy atom. The molecule has 0 amide bonds. The minimum Gasteiger partial charge on any atom is -0.389 e. The van der Waals surface area contributed by atoms with Gasteiger partial charge in [-0.3, -0.25) is 4.98 Å². The van der Waals surface area contributed by atoms with Crippen LogP contribution in [0.4, 0.5) is 8.78 Å². The average Bonchev–Trinajstić information content (AvgIpc) is 2.03. The zero-order valence-corrected chi connectivity index (χ0v) is 8.42. The van der Waals surface area contributed by atoms with Gasteiger partial charge < -0.3 is 5.11 Å². The summed E-state index contributed by atoms with van der Waals surface area (Å²) in [5, 5.41) is 9.18. The number of aliphatic hydroxyl groups is 1. The molecule has 1 aromatic rings. The molecule has 5 heteroatoms. The first-order valence-corrected chi connectivity index (χ1v) is 4.43. The van der Waals surface area contributed by atoms with Crippen molar-refractivity contribution in [3.8, 4) is 0 Å². The van der Waals surface area contributed by atoms with E-state index in [-0.39, 0.29) is 11.3 Å². The number of aromatic nitrogens is 1. The third kappa shape index (κ3) is 2.45. The van der Waals surface area contributed by atoms with Crippen molar-refractivity contribution in [3.05, 3.63) is 28.0 Å². The van der Waals surface area contributed by atoms with Crippen LogP contribution in [0.25, 0.3) is 0 Å². The van der Waals surface area contributed by atoms with Crippen molar-refractivity contribution in [2.75, 3.05) is 0 Å². The summed E-state index contributed by atoms with van der Waals surface area (Å²) >= 11 is 3.10. The van der Waals surface area contributed by atoms with E-state index in [2.05, 4.69) is 20.9 Å². The Kier molecular flexibility index (Phi) is 3.33. The molecule has 0 aliphatic heterocycles. The van der Waals surface area contributed by atoms with Gasteiger partial charge in [-0.15, -0.1) is 0 Å². The van der Waals surface area contributed by atoms with E-state index in [1.807, 2.05) is 0 Å². The first-order valence-electron chi connectivity index (χ1n) is 3.64. The number of hydrogen-bond acceptors (Lipinski definition) is 2. The summed E-state index contributed by atoms with van der Waals surface area (Å²) in [6.07, 6.45) is -2.31. The van der Waals surface area contributed by atoms with Gasteiger partial charge in [-0.25, -0.2) is 8.78 Å². The molecule has 2 nitrogen and oxygen atoms in total. The minimum absolute atomic E-state index is 0.157. The van der Waals surface area contributed by atoms with Crippen LogP contribution in [0, 0.1) is 0 Å². The number of alkyl halides is 2. The van der Waals surface area contributed by atoms with Gasteiger partial charge in [0.2, 0.25) is 0 Å². The number of aliphatic hydroxyl groups excluding tert-OH is 1. The summed E-state index contributed by atoms with van der Waals surface area (Å²) in [6.45, 7) is 1.43. The van der Waals surface area contributed by atoms with E-state index >= 15 is 0 Å². The third-order valence-electron chi connectivity index (χ3n) is 1.57. The Labute approximate surface area is 82.7 Å². The zero-order chi connectivity index (χ0) is 10.0. The largest absolute Gasteiger partial charge is 0.389 e. The lowest BCUT2D eigenvalue weighted by molar-refractivity contribution is 0.135. The smallest absolute Gasteiger partial charge is 0.280 e. The molecule has 1 unspecified atom stereocenters. The molecule has 0 saturated carbocycles. The minimum atomic E-state index is -2.65. The van der Waals surface area contributed by atoms with Crippen LogP contribution in [-0.4, -0.2) is 10.1 Å². The highest BCUT2D eigenvalue weighted by Crippen LogP contribution is 2.27. The molecule has 1 rings (SSSR count). The van der Waals surface area contributed by atoms with Crippen molar-refractivity contribution in [2.45, 2.75) is 19.5 Å². The van der Waals surface area contributed by atoms with Gasteiger partial charge in [-0.2, -0.15) is 0 Å². The van der Waals surface area contributed by atoms with Crippen LogP contribution in [0.1, 0.15) is 30.7 Å². The van der Waals surface area contributed by atoms with E-state index in [1.54, 1.807) is 0 Å². The van der Waals surface area contributed by atoms with Crippen LogP contribution < -0.4 is 0 Å². The van der Waals surface area contributed by atoms with E-state index < -0.39 is 12.5 Å². The van der Waals surface area contributed by atoms with Gasteiger partial charge in [0.25, 0.3) is 6.43 Å². The van der Waals surface area contributed by atoms with Gasteiger partial charge in [0, 0.05) is 16.2 Å². The van der Waals surface area contributed by atoms with E-state index in [0.717, 1.165) is 0 Å². The van der Waals surface area contributed by atoms with Crippen molar-refractivity contribution in [3.63, 3.8) is 0 Å². The molecule has 0 spiro atoms. The molecule has 13 heavy (non-hydrogen) atoms. The molecular weight excluding hydrogens is 244 g/mol. The molecule has 0 fully saturated rings. The fourth-order valence-corrected chi connectivity index (χ4v) is 1.33. The Balaban J connectivity index is 3.19. The van der Waals surface area contributed by atoms with E-state index in [4.69, 9.17) is 0 Å². The molecule has 0 aliphatic rings. The Morgan fingerprint density at radius 3 is 2.62 bits per heavy atom. The summed E-state index contributed by atoms with van der Waals surface area (Å²) in [5.41, 5.74) is -0.206. The average molecular weight is 252 g/mol. The van der Waals surface area contributed by atoms with E-state index in [9.17, 15) is 13.9 Å². The normalized spacial score (nSPS) is 13.4. The fraction of sp³-hybridized carbons (Fsp3) is 0.375. The number of pyridine rings is 1. The van der Waals surface area contributed by atoms with E-state index in [1.165, 1.54) is 19.2 Å². The molecule has 1 atom stereocenters. The van der Waals surface area contributed by atoms with Gasteiger partial charge in [-0.1, -0.05) is 0 Å². The summed E-state index contributed by atoms with van der Waals surface area (Å²) in [6, 6.07) is 1.44. The van der Waals surface area contributed by atoms with Crippen LogP contribution in [-0.2, 0) is 0 Å². The highest BCUT2D eigenvalue weighted by Gasteiger charge is 2.17. The Morgan fingerprint density at radius 2 is 2.15 bits per heavy atom. The zero-order valence-electron chi connectivity index (χ0n) is 6.84. The van der Waals surface area contributed by atoms with Gasteiger partial charge in [0.05, 0.1) is 6.10 Å². The molecule has 1 aromatic heterocycles. The maximum Gasteiger partial charge on any atom is 0.280 e. The third-order valence-corrected chi connectivity index (χ3v) is 2.01. The molecule has 0 radical (unpaired) electrons. The lowest BCUT2D eigenvalue weighted by atomic mass is 10.1. The number of hydrogen-bond donors (Lipinski definition) is 1. The lowest BCUT2D eigenvalue weighted by Gasteiger charge is -2.10. The van der Waals surface area contributed by atoms with Crippen LogP contribution in [0.3, 0.4) is 0 Å². The Bertz CT molecular complexity index is 304. The number of rotatable bonds is 2. The fourth-order valence-electron chi connectivity index (χ4n) is 0.982. The molecule has 1 N–H and O–H groups in total. The predicted octanol–water partition coefficient (Wildman–Crippen LogP) is 2.84. The van der Waals surface area contributed by atoms with Gasteiger partial charge in [0.15, 0.2) is 0 Å². The van der Waals surface area contributed by atoms with E-state index in [0.29, 0.717) is 4.47 Å². The second-order valence-electron chi connectivity index (χ2n) is 2.60. The van der Waals surface area contributed by atoms with Gasteiger partial charge >= 0.3 is 0 Å². The van der Waals surface area contributed by atoms with Crippen molar-refractivity contribution in [1.29, 1.82) is 0 Å². The maximum absolute atomic E-state index is 12.3. The van der Waals surface area contributed by atoms with Crippen molar-refractivity contribution >= 4 is 15.9 Å². The molecule has 0 bridgehead atoms. The molecule has 1 heterocycles. The molecule has 0 aromatic carbocycles. The summed E-state index contributed by atoms with van der Waals surface area (Å²) in [5.74, 6) is 0. The van der Waals surface area contributed by atoms with Gasteiger partial charge in [-0.05, 0) is 28.9 Å². The first kappa shape index (κ1) is 10.5. The second-order valence-corrected chi connectivity index (χ2v) is 3.52. The van der Waals surface area contributed by atoms with Crippen molar-refractivity contribution in [2.24, 2.45) is 0 Å². The predicted molar refractivity (Wildman–Crippen MR) is 47.5 cm³/mol. The van der Waals surface area contributed by atoms with Gasteiger partial charge in [0.1, 0.15) is 5.69 Å². The number of halogens is 3. The quantitative estimate of drug-likeness (QED) is 0.877. The topological polar surface area (TPSA) is 33.1 Å². The molecule has 0 aliphatic carbocycles. The molecular formula is C8H8BrF2NO. The summed E-state index contributed by atoms with van der Waals surface area (Å²) in [4.78, 5) is 3.54. The first-order chi connectivity index (χ1) is 6.02. The highest BCUT2D eigenvalue weighted by molar-refractivity contribution is 9.10. The highest BCUT2D eigenvalue weighted by atomic mass is 79.9. The molecule has 72 valence electrons. The Hall–Kier alpha value is -0.550. The molecule has 0 saturated heterocycles. The second kappa shape index (κ2) is 4.11. The van der Waals surface area contributed by atoms with Crippen molar-refractivity contribution < 1.29 is 13.9 Å². The lowest BCUT2D eigenvalue weighted by Crippen LogP contribution is -2.01. The SMILES string of the molecule is CC(O)c1cc(Br)cnc1C(F)F. The van der Waals surface area contributed by atoms with Crippen LogP contribution in [0.15, 0.2) is 16.7 Å². The van der Waals surface area contributed by atoms with Crippen LogP contribution >= 0.6 is 15.9 Å². The summed E-state index contributed by atoms with van der Waals surface area (Å²) < 4.78 is 25.2. The standard InChI is InChI=1S/C8H8BrF2NO/c1-4(13)6-2-5(9)3-12-7(6)8(10)11/h2-4,8,13H,1H3. The van der Waals surface area contributed by atoms with Crippen LogP contribution in [0.5, 0.6) is 0 Å². The van der Waals surface area contributed by atoms with Crippen molar-refractivity contribution in [1.82, 2.24) is 4.98 Å². The number of nitrogens with zero attached hydrogens (tertiary/aromatic N) is 1. The maximum atomic E-state index is 12.3. The monoisotopic (exact) mass is 251 g/mol. The van der Waals surface area contributed by atoms with Crippen LogP contribution in [0.2, 0.25) is 0 Å².